The number of benzene rings is 2. The lowest BCUT2D eigenvalue weighted by Gasteiger charge is -2.15. The van der Waals surface area contributed by atoms with Crippen LogP contribution in [0.25, 0.3) is 0 Å². The Kier molecular flexibility index (Phi) is 10.3. The summed E-state index contributed by atoms with van der Waals surface area (Å²) < 4.78 is 16.6. The van der Waals surface area contributed by atoms with E-state index in [0.29, 0.717) is 30.6 Å². The van der Waals surface area contributed by atoms with Crippen molar-refractivity contribution in [2.24, 2.45) is 5.92 Å². The van der Waals surface area contributed by atoms with Crippen molar-refractivity contribution in [3.8, 4) is 17.2 Å². The van der Waals surface area contributed by atoms with Crippen molar-refractivity contribution in [2.45, 2.75) is 46.5 Å². The molecule has 1 unspecified atom stereocenters. The molecule has 174 valence electrons. The Hall–Kier alpha value is -3.29. The Morgan fingerprint density at radius 1 is 1.00 bits per heavy atom. The molecule has 8 heteroatoms. The van der Waals surface area contributed by atoms with Gasteiger partial charge in [0.15, 0.2) is 6.61 Å². The van der Waals surface area contributed by atoms with E-state index in [2.05, 4.69) is 19.2 Å². The molecule has 0 aliphatic rings. The van der Waals surface area contributed by atoms with Crippen molar-refractivity contribution in [2.75, 3.05) is 25.1 Å². The summed E-state index contributed by atoms with van der Waals surface area (Å²) in [4.78, 5) is 22.9. The van der Waals surface area contributed by atoms with E-state index in [-0.39, 0.29) is 18.0 Å². The fraction of sp³-hybridized carbons (Fsp3) is 0.458. The van der Waals surface area contributed by atoms with Gasteiger partial charge in [-0.15, -0.1) is 0 Å². The van der Waals surface area contributed by atoms with Gasteiger partial charge in [-0.1, -0.05) is 33.1 Å². The van der Waals surface area contributed by atoms with Crippen molar-refractivity contribution >= 4 is 17.3 Å². The molecule has 0 spiro atoms. The molecule has 0 bridgehead atoms. The van der Waals surface area contributed by atoms with Crippen LogP contribution in [0.1, 0.15) is 46.5 Å². The minimum atomic E-state index is -0.566. The zero-order valence-corrected chi connectivity index (χ0v) is 19.0. The molecule has 1 atom stereocenters. The Morgan fingerprint density at radius 2 is 1.66 bits per heavy atom. The highest BCUT2D eigenvalue weighted by atomic mass is 16.6. The molecule has 0 radical (unpaired) electrons. The number of nitro benzene ring substituents is 1. The molecule has 2 rings (SSSR count). The molecule has 2 aromatic rings. The maximum Gasteiger partial charge on any atom is 0.296 e. The lowest BCUT2D eigenvalue weighted by Crippen LogP contribution is -2.20. The van der Waals surface area contributed by atoms with E-state index in [9.17, 15) is 14.9 Å². The van der Waals surface area contributed by atoms with Crippen LogP contribution < -0.4 is 19.5 Å². The van der Waals surface area contributed by atoms with Crippen molar-refractivity contribution in [3.05, 3.63) is 52.6 Å². The lowest BCUT2D eigenvalue weighted by atomic mass is 10.0. The second-order valence-electron chi connectivity index (χ2n) is 7.40. The van der Waals surface area contributed by atoms with Gasteiger partial charge >= 0.3 is 0 Å². The predicted octanol–water partition coefficient (Wildman–Crippen LogP) is 5.61. The molecule has 0 saturated carbocycles. The zero-order valence-electron chi connectivity index (χ0n) is 19.0. The fourth-order valence-electron chi connectivity index (χ4n) is 3.10. The molecule has 0 aromatic heterocycles. The smallest absolute Gasteiger partial charge is 0.296 e. The summed E-state index contributed by atoms with van der Waals surface area (Å²) >= 11 is 0. The van der Waals surface area contributed by atoms with Gasteiger partial charge in [-0.25, -0.2) is 0 Å². The van der Waals surface area contributed by atoms with Crippen LogP contribution in [0, 0.1) is 16.0 Å². The number of hydrogen-bond donors (Lipinski definition) is 1. The fourth-order valence-corrected chi connectivity index (χ4v) is 3.10. The summed E-state index contributed by atoms with van der Waals surface area (Å²) in [5, 5.41) is 13.8. The number of carbonyl (C=O) groups is 1. The number of hydrogen-bond acceptors (Lipinski definition) is 6. The van der Waals surface area contributed by atoms with Gasteiger partial charge in [0.2, 0.25) is 0 Å². The molecule has 0 saturated heterocycles. The van der Waals surface area contributed by atoms with Crippen LogP contribution in [-0.2, 0) is 4.79 Å². The van der Waals surface area contributed by atoms with Crippen LogP contribution in [0.5, 0.6) is 17.2 Å². The Bertz CT molecular complexity index is 869. The molecule has 1 amide bonds. The summed E-state index contributed by atoms with van der Waals surface area (Å²) in [6.45, 7) is 6.94. The third-order valence-electron chi connectivity index (χ3n) is 4.97. The van der Waals surface area contributed by atoms with E-state index >= 15 is 0 Å². The average Bonchev–Trinajstić information content (AvgIpc) is 2.79. The van der Waals surface area contributed by atoms with Crippen LogP contribution in [-0.4, -0.2) is 30.7 Å². The number of nitrogens with one attached hydrogen (secondary N) is 1. The van der Waals surface area contributed by atoms with E-state index in [1.165, 1.54) is 25.0 Å². The summed E-state index contributed by atoms with van der Waals surface area (Å²) in [6.07, 6.45) is 4.64. The minimum absolute atomic E-state index is 0.0874. The van der Waals surface area contributed by atoms with E-state index in [1.807, 2.05) is 0 Å². The SMILES string of the molecule is CCCCC(CC)COc1ccc(OCC(=O)Nc2ccc(OCC)cc2[N+](=O)[O-])cc1. The minimum Gasteiger partial charge on any atom is -0.494 e. The molecule has 0 aliphatic carbocycles. The maximum absolute atomic E-state index is 12.2. The standard InChI is InChI=1S/C24H32N2O6/c1-4-7-8-18(5-2)16-31-19-9-11-20(12-10-19)32-17-24(27)25-22-14-13-21(30-6-3)15-23(22)26(28)29/h9-15,18H,4-8,16-17H2,1-3H3,(H,25,27). The van der Waals surface area contributed by atoms with Crippen molar-refractivity contribution in [1.82, 2.24) is 0 Å². The summed E-state index contributed by atoms with van der Waals surface area (Å²) in [5.41, 5.74) is -0.153. The van der Waals surface area contributed by atoms with Gasteiger partial charge in [0.05, 0.1) is 24.2 Å². The van der Waals surface area contributed by atoms with Gasteiger partial charge in [0.25, 0.3) is 11.6 Å². The molecule has 32 heavy (non-hydrogen) atoms. The van der Waals surface area contributed by atoms with Gasteiger partial charge in [-0.05, 0) is 55.7 Å². The summed E-state index contributed by atoms with van der Waals surface area (Å²) in [5.74, 6) is 1.67. The Labute approximate surface area is 189 Å². The number of unbranched alkanes of at least 4 members (excludes halogenated alkanes) is 1. The van der Waals surface area contributed by atoms with Crippen LogP contribution in [0.2, 0.25) is 0 Å². The lowest BCUT2D eigenvalue weighted by molar-refractivity contribution is -0.384. The normalized spacial score (nSPS) is 11.5. The molecule has 0 heterocycles. The van der Waals surface area contributed by atoms with E-state index in [1.54, 1.807) is 37.3 Å². The zero-order chi connectivity index (χ0) is 23.3. The van der Waals surface area contributed by atoms with Gasteiger partial charge in [-0.2, -0.15) is 0 Å². The van der Waals surface area contributed by atoms with Gasteiger partial charge < -0.3 is 19.5 Å². The average molecular weight is 445 g/mol. The molecular formula is C24H32N2O6. The highest BCUT2D eigenvalue weighted by Gasteiger charge is 2.17. The topological polar surface area (TPSA) is 99.9 Å². The molecule has 8 nitrogen and oxygen atoms in total. The number of nitrogens with zero attached hydrogens (tertiary/aromatic N) is 1. The molecule has 2 aromatic carbocycles. The summed E-state index contributed by atoms with van der Waals surface area (Å²) in [6, 6.07) is 11.4. The first kappa shape index (κ1) is 25.0. The van der Waals surface area contributed by atoms with Gasteiger partial charge in [0, 0.05) is 0 Å². The Morgan fingerprint density at radius 3 is 2.25 bits per heavy atom. The third-order valence-corrected chi connectivity index (χ3v) is 4.97. The van der Waals surface area contributed by atoms with Gasteiger partial charge in [0.1, 0.15) is 22.9 Å². The second kappa shape index (κ2) is 13.2. The maximum atomic E-state index is 12.2. The molecule has 0 aliphatic heterocycles. The van der Waals surface area contributed by atoms with E-state index in [4.69, 9.17) is 14.2 Å². The number of nitro groups is 1. The number of carbonyl (C=O) groups excluding carboxylic acids is 1. The first-order valence-electron chi connectivity index (χ1n) is 11.0. The quantitative estimate of drug-likeness (QED) is 0.300. The molecule has 1 N–H and O–H groups in total. The molecular weight excluding hydrogens is 412 g/mol. The van der Waals surface area contributed by atoms with Crippen LogP contribution in [0.3, 0.4) is 0 Å². The summed E-state index contributed by atoms with van der Waals surface area (Å²) in [7, 11) is 0. The van der Waals surface area contributed by atoms with Crippen LogP contribution >= 0.6 is 0 Å². The third kappa shape index (κ3) is 8.09. The number of ether oxygens (including phenoxy) is 3. The largest absolute Gasteiger partial charge is 0.494 e. The number of amides is 1. The Balaban J connectivity index is 1.86. The monoisotopic (exact) mass is 444 g/mol. The second-order valence-corrected chi connectivity index (χ2v) is 7.40. The predicted molar refractivity (Wildman–Crippen MR) is 124 cm³/mol. The highest BCUT2D eigenvalue weighted by Crippen LogP contribution is 2.29. The van der Waals surface area contributed by atoms with E-state index in [0.717, 1.165) is 18.6 Å². The number of anilines is 1. The first-order valence-corrected chi connectivity index (χ1v) is 11.0. The highest BCUT2D eigenvalue weighted by molar-refractivity contribution is 5.94. The van der Waals surface area contributed by atoms with E-state index < -0.39 is 10.8 Å². The van der Waals surface area contributed by atoms with Crippen molar-refractivity contribution < 1.29 is 23.9 Å². The van der Waals surface area contributed by atoms with Crippen LogP contribution in [0.15, 0.2) is 42.5 Å². The van der Waals surface area contributed by atoms with Crippen molar-refractivity contribution in [1.29, 1.82) is 0 Å². The van der Waals surface area contributed by atoms with Crippen LogP contribution in [0.4, 0.5) is 11.4 Å². The first-order chi connectivity index (χ1) is 15.5. The van der Waals surface area contributed by atoms with Gasteiger partial charge in [-0.3, -0.25) is 14.9 Å². The molecule has 0 fully saturated rings. The van der Waals surface area contributed by atoms with Crippen molar-refractivity contribution in [3.63, 3.8) is 0 Å². The number of rotatable bonds is 14.